The lowest BCUT2D eigenvalue weighted by atomic mass is 9.80. The smallest absolute Gasteiger partial charge is 0.122 e. The highest BCUT2D eigenvalue weighted by atomic mass is 35.5. The van der Waals surface area contributed by atoms with Gasteiger partial charge in [-0.25, -0.2) is 0 Å². The van der Waals surface area contributed by atoms with Crippen LogP contribution in [0.4, 0.5) is 0 Å². The molecule has 1 fully saturated rings. The average molecular weight is 308 g/mol. The highest BCUT2D eigenvalue weighted by Crippen LogP contribution is 2.37. The van der Waals surface area contributed by atoms with Crippen LogP contribution in [0.2, 0.25) is 10.0 Å². The molecule has 0 bridgehead atoms. The summed E-state index contributed by atoms with van der Waals surface area (Å²) >= 11 is 11.9. The van der Waals surface area contributed by atoms with Crippen LogP contribution in [0.15, 0.2) is 36.5 Å². The van der Waals surface area contributed by atoms with Gasteiger partial charge < -0.3 is 5.11 Å². The van der Waals surface area contributed by atoms with Gasteiger partial charge in [-0.1, -0.05) is 53.9 Å². The van der Waals surface area contributed by atoms with Gasteiger partial charge in [0, 0.05) is 6.20 Å². The highest BCUT2D eigenvalue weighted by molar-refractivity contribution is 6.34. The summed E-state index contributed by atoms with van der Waals surface area (Å²) in [6.45, 7) is 0. The molecular weight excluding hydrogens is 293 g/mol. The predicted octanol–water partition coefficient (Wildman–Crippen LogP) is 4.74. The normalized spacial score (nSPS) is 16.8. The van der Waals surface area contributed by atoms with Crippen LogP contribution < -0.4 is 0 Å². The van der Waals surface area contributed by atoms with Crippen molar-refractivity contribution < 1.29 is 5.11 Å². The summed E-state index contributed by atoms with van der Waals surface area (Å²) in [6, 6.07) is 9.67. The van der Waals surface area contributed by atoms with Crippen molar-refractivity contribution in [2.45, 2.75) is 31.3 Å². The van der Waals surface area contributed by atoms with Crippen LogP contribution in [0.1, 0.15) is 48.1 Å². The van der Waals surface area contributed by atoms with Crippen LogP contribution in [0, 0.1) is 0 Å². The Morgan fingerprint density at radius 3 is 2.40 bits per heavy atom. The van der Waals surface area contributed by atoms with E-state index in [2.05, 4.69) is 17.1 Å². The van der Waals surface area contributed by atoms with Crippen LogP contribution in [0.25, 0.3) is 0 Å². The molecule has 0 aliphatic heterocycles. The van der Waals surface area contributed by atoms with Crippen molar-refractivity contribution in [1.82, 2.24) is 4.98 Å². The third-order valence-corrected chi connectivity index (χ3v) is 4.43. The fourth-order valence-corrected chi connectivity index (χ4v) is 2.96. The lowest BCUT2D eigenvalue weighted by Crippen LogP contribution is -2.09. The zero-order valence-corrected chi connectivity index (χ0v) is 12.4. The van der Waals surface area contributed by atoms with E-state index in [1.807, 2.05) is 12.1 Å². The highest BCUT2D eigenvalue weighted by Gasteiger charge is 2.20. The van der Waals surface area contributed by atoms with E-state index in [1.165, 1.54) is 31.0 Å². The van der Waals surface area contributed by atoms with E-state index in [0.29, 0.717) is 21.7 Å². The van der Waals surface area contributed by atoms with Gasteiger partial charge in [0.15, 0.2) is 0 Å². The lowest BCUT2D eigenvalue weighted by molar-refractivity contribution is 0.215. The molecule has 4 heteroatoms. The Hall–Kier alpha value is -1.09. The first kappa shape index (κ1) is 13.9. The fourth-order valence-electron chi connectivity index (χ4n) is 2.48. The Bertz CT molecular complexity index is 608. The number of hydrogen-bond donors (Lipinski definition) is 1. The summed E-state index contributed by atoms with van der Waals surface area (Å²) in [6.07, 6.45) is 4.53. The van der Waals surface area contributed by atoms with E-state index in [0.717, 1.165) is 5.56 Å². The molecular formula is C16H15Cl2NO. The van der Waals surface area contributed by atoms with Crippen molar-refractivity contribution in [2.75, 3.05) is 0 Å². The van der Waals surface area contributed by atoms with E-state index in [-0.39, 0.29) is 0 Å². The Kier molecular flexibility index (Phi) is 3.97. The van der Waals surface area contributed by atoms with Crippen molar-refractivity contribution in [2.24, 2.45) is 0 Å². The average Bonchev–Trinajstić information content (AvgIpc) is 2.37. The lowest BCUT2D eigenvalue weighted by Gasteiger charge is -2.26. The summed E-state index contributed by atoms with van der Waals surface area (Å²) in [5.74, 6) is 0.693. The molecule has 1 aromatic heterocycles. The molecule has 3 rings (SSSR count). The maximum Gasteiger partial charge on any atom is 0.122 e. The zero-order valence-electron chi connectivity index (χ0n) is 10.9. The molecule has 0 spiro atoms. The molecule has 1 N–H and O–H groups in total. The van der Waals surface area contributed by atoms with Crippen LogP contribution in [-0.2, 0) is 0 Å². The molecule has 1 atom stereocenters. The van der Waals surface area contributed by atoms with Gasteiger partial charge >= 0.3 is 0 Å². The largest absolute Gasteiger partial charge is 0.382 e. The molecule has 104 valence electrons. The van der Waals surface area contributed by atoms with Crippen molar-refractivity contribution in [3.05, 3.63) is 63.4 Å². The maximum atomic E-state index is 10.4. The molecule has 0 radical (unpaired) electrons. The molecule has 1 aliphatic rings. The van der Waals surface area contributed by atoms with E-state index >= 15 is 0 Å². The minimum absolute atomic E-state index is 0.382. The Morgan fingerprint density at radius 1 is 1.15 bits per heavy atom. The second kappa shape index (κ2) is 5.72. The fraction of sp³-hybridized carbons (Fsp3) is 0.312. The topological polar surface area (TPSA) is 33.1 Å². The summed E-state index contributed by atoms with van der Waals surface area (Å²) < 4.78 is 0. The molecule has 1 unspecified atom stereocenters. The third-order valence-electron chi connectivity index (χ3n) is 3.92. The Labute approximate surface area is 128 Å². The first-order chi connectivity index (χ1) is 9.65. The molecule has 0 saturated heterocycles. The standard InChI is InChI=1S/C16H15Cl2NO/c17-13-8-14(18)15(19-9-13)16(20)12-6-4-11(5-7-12)10-2-1-3-10/h4-10,16,20H,1-3H2. The van der Waals surface area contributed by atoms with Gasteiger partial charge in [-0.05, 0) is 36.0 Å². The summed E-state index contributed by atoms with van der Waals surface area (Å²) in [7, 11) is 0. The summed E-state index contributed by atoms with van der Waals surface area (Å²) in [4.78, 5) is 4.13. The molecule has 1 heterocycles. The van der Waals surface area contributed by atoms with Crippen LogP contribution >= 0.6 is 23.2 Å². The number of benzene rings is 1. The predicted molar refractivity (Wildman–Crippen MR) is 81.4 cm³/mol. The number of pyridine rings is 1. The zero-order chi connectivity index (χ0) is 14.1. The number of halogens is 2. The van der Waals surface area contributed by atoms with Crippen LogP contribution in [0.5, 0.6) is 0 Å². The third kappa shape index (κ3) is 2.69. The number of rotatable bonds is 3. The summed E-state index contributed by atoms with van der Waals surface area (Å²) in [5.41, 5.74) is 2.58. The van der Waals surface area contributed by atoms with Gasteiger partial charge in [0.2, 0.25) is 0 Å². The van der Waals surface area contributed by atoms with Gasteiger partial charge in [-0.15, -0.1) is 0 Å². The number of aliphatic hydroxyl groups excluding tert-OH is 1. The molecule has 20 heavy (non-hydrogen) atoms. The number of aromatic nitrogens is 1. The molecule has 2 aromatic rings. The second-order valence-electron chi connectivity index (χ2n) is 5.22. The first-order valence-corrected chi connectivity index (χ1v) is 7.49. The van der Waals surface area contributed by atoms with E-state index in [1.54, 1.807) is 6.07 Å². The second-order valence-corrected chi connectivity index (χ2v) is 6.06. The van der Waals surface area contributed by atoms with E-state index < -0.39 is 6.10 Å². The minimum atomic E-state index is -0.824. The van der Waals surface area contributed by atoms with Crippen LogP contribution in [-0.4, -0.2) is 10.1 Å². The van der Waals surface area contributed by atoms with Crippen molar-refractivity contribution in [1.29, 1.82) is 0 Å². The van der Waals surface area contributed by atoms with Crippen molar-refractivity contribution in [3.63, 3.8) is 0 Å². The van der Waals surface area contributed by atoms with Gasteiger partial charge in [0.05, 0.1) is 15.7 Å². The number of aliphatic hydroxyl groups is 1. The molecule has 1 saturated carbocycles. The SMILES string of the molecule is OC(c1ccc(C2CCC2)cc1)c1ncc(Cl)cc1Cl. The monoisotopic (exact) mass is 307 g/mol. The van der Waals surface area contributed by atoms with Crippen molar-refractivity contribution in [3.8, 4) is 0 Å². The molecule has 2 nitrogen and oxygen atoms in total. The van der Waals surface area contributed by atoms with Gasteiger partial charge in [-0.2, -0.15) is 0 Å². The minimum Gasteiger partial charge on any atom is -0.382 e. The van der Waals surface area contributed by atoms with Gasteiger partial charge in [-0.3, -0.25) is 4.98 Å². The van der Waals surface area contributed by atoms with Gasteiger partial charge in [0.1, 0.15) is 6.10 Å². The Balaban J connectivity index is 1.84. The number of nitrogens with zero attached hydrogens (tertiary/aromatic N) is 1. The van der Waals surface area contributed by atoms with Crippen molar-refractivity contribution >= 4 is 23.2 Å². The Morgan fingerprint density at radius 2 is 1.85 bits per heavy atom. The quantitative estimate of drug-likeness (QED) is 0.888. The van der Waals surface area contributed by atoms with E-state index in [9.17, 15) is 5.11 Å². The number of hydrogen-bond acceptors (Lipinski definition) is 2. The summed E-state index contributed by atoms with van der Waals surface area (Å²) in [5, 5.41) is 11.2. The van der Waals surface area contributed by atoms with Gasteiger partial charge in [0.25, 0.3) is 0 Å². The molecule has 1 aliphatic carbocycles. The van der Waals surface area contributed by atoms with E-state index in [4.69, 9.17) is 23.2 Å². The molecule has 0 amide bonds. The maximum absolute atomic E-state index is 10.4. The molecule has 1 aromatic carbocycles. The van der Waals surface area contributed by atoms with Crippen LogP contribution in [0.3, 0.4) is 0 Å². The first-order valence-electron chi connectivity index (χ1n) is 6.74.